The van der Waals surface area contributed by atoms with Crippen molar-refractivity contribution in [2.75, 3.05) is 26.1 Å². The Bertz CT molecular complexity index is 778. The Morgan fingerprint density at radius 3 is 2.62 bits per heavy atom. The van der Waals surface area contributed by atoms with Crippen LogP contribution in [0.3, 0.4) is 0 Å². The average Bonchev–Trinajstić information content (AvgIpc) is 2.67. The van der Waals surface area contributed by atoms with Crippen molar-refractivity contribution in [3.8, 4) is 11.5 Å². The van der Waals surface area contributed by atoms with Crippen LogP contribution in [0.5, 0.6) is 11.5 Å². The lowest BCUT2D eigenvalue weighted by atomic mass is 10.2. The van der Waals surface area contributed by atoms with E-state index in [1.165, 1.54) is 0 Å². The van der Waals surface area contributed by atoms with Crippen LogP contribution in [0.15, 0.2) is 53.6 Å². The Kier molecular flexibility index (Phi) is 7.38. The molecular weight excluding hydrogens is 352 g/mol. The fourth-order valence-corrected chi connectivity index (χ4v) is 2.01. The second-order valence-corrected chi connectivity index (χ2v) is 5.46. The van der Waals surface area contributed by atoms with Crippen molar-refractivity contribution in [3.05, 3.63) is 54.1 Å². The van der Waals surface area contributed by atoms with Gasteiger partial charge in [0.2, 0.25) is 0 Å². The number of rotatable bonds is 7. The van der Waals surface area contributed by atoms with Gasteiger partial charge in [0, 0.05) is 7.05 Å². The predicted octanol–water partition coefficient (Wildman–Crippen LogP) is 2.14. The Morgan fingerprint density at radius 2 is 1.92 bits per heavy atom. The molecule has 3 N–H and O–H groups in total. The third-order valence-corrected chi connectivity index (χ3v) is 3.53. The molecule has 2 aromatic rings. The molecule has 0 heterocycles. The van der Waals surface area contributed by atoms with Gasteiger partial charge in [0.25, 0.3) is 5.91 Å². The third kappa shape index (κ3) is 6.06. The van der Waals surface area contributed by atoms with E-state index in [-0.39, 0.29) is 12.5 Å². The predicted molar refractivity (Wildman–Crippen MR) is 106 cm³/mol. The summed E-state index contributed by atoms with van der Waals surface area (Å²) in [5, 5.41) is 9.92. The molecule has 0 fully saturated rings. The number of nitrogens with zero attached hydrogens (tertiary/aromatic N) is 1. The van der Waals surface area contributed by atoms with Gasteiger partial charge in [-0.1, -0.05) is 12.1 Å². The molecule has 1 amide bonds. The Balaban J connectivity index is 1.83. The summed E-state index contributed by atoms with van der Waals surface area (Å²) in [6.45, 7) is -0.108. The average molecular weight is 372 g/mol. The number of amides is 1. The fourth-order valence-electron chi connectivity index (χ4n) is 1.95. The van der Waals surface area contributed by atoms with Gasteiger partial charge in [-0.25, -0.2) is 0 Å². The van der Waals surface area contributed by atoms with E-state index in [4.69, 9.17) is 21.7 Å². The third-order valence-electron chi connectivity index (χ3n) is 3.24. The van der Waals surface area contributed by atoms with Crippen molar-refractivity contribution in [1.29, 1.82) is 0 Å². The summed E-state index contributed by atoms with van der Waals surface area (Å²) in [5.41, 5.74) is 4.13. The van der Waals surface area contributed by atoms with E-state index in [0.717, 1.165) is 5.56 Å². The first-order valence-corrected chi connectivity index (χ1v) is 8.19. The lowest BCUT2D eigenvalue weighted by Gasteiger charge is -2.10. The summed E-state index contributed by atoms with van der Waals surface area (Å²) in [4.78, 5) is 12.0. The first-order valence-electron chi connectivity index (χ1n) is 7.79. The van der Waals surface area contributed by atoms with Crippen LogP contribution in [0.4, 0.5) is 5.69 Å². The fraction of sp³-hybridized carbons (Fsp3) is 0.167. The number of benzene rings is 2. The highest BCUT2D eigenvalue weighted by Crippen LogP contribution is 2.22. The first kappa shape index (κ1) is 19.2. The van der Waals surface area contributed by atoms with Gasteiger partial charge >= 0.3 is 0 Å². The number of carbonyl (C=O) groups excluding carboxylic acids is 1. The smallest absolute Gasteiger partial charge is 0.262 e. The lowest BCUT2D eigenvalue weighted by molar-refractivity contribution is -0.118. The van der Waals surface area contributed by atoms with Crippen molar-refractivity contribution in [3.63, 3.8) is 0 Å². The molecule has 2 aromatic carbocycles. The number of hydrogen-bond acceptors (Lipinski definition) is 5. The quantitative estimate of drug-likeness (QED) is 0.392. The van der Waals surface area contributed by atoms with E-state index >= 15 is 0 Å². The minimum atomic E-state index is -0.273. The number of para-hydroxylation sites is 2. The van der Waals surface area contributed by atoms with E-state index in [1.807, 2.05) is 24.3 Å². The molecule has 136 valence electrons. The second kappa shape index (κ2) is 10.00. The molecule has 0 aliphatic heterocycles. The van der Waals surface area contributed by atoms with E-state index < -0.39 is 0 Å². The normalized spacial score (nSPS) is 10.2. The number of carbonyl (C=O) groups is 1. The number of hydrogen-bond donors (Lipinski definition) is 3. The summed E-state index contributed by atoms with van der Waals surface area (Å²) >= 11 is 4.91. The van der Waals surface area contributed by atoms with Gasteiger partial charge in [-0.3, -0.25) is 10.2 Å². The van der Waals surface area contributed by atoms with Gasteiger partial charge in [0.1, 0.15) is 11.5 Å². The van der Waals surface area contributed by atoms with Crippen LogP contribution < -0.4 is 25.5 Å². The molecule has 7 nitrogen and oxygen atoms in total. The standard InChI is InChI=1S/C18H20N4O3S/c1-19-18(26)22-20-11-13-7-9-14(10-8-13)25-12-17(23)21-15-5-3-4-6-16(15)24-2/h3-11H,12H2,1-2H3,(H,21,23)(H2,19,22,26). The van der Waals surface area contributed by atoms with Crippen molar-refractivity contribution in [2.45, 2.75) is 0 Å². The summed E-state index contributed by atoms with van der Waals surface area (Å²) in [5.74, 6) is 0.900. The monoisotopic (exact) mass is 372 g/mol. The van der Waals surface area contributed by atoms with Gasteiger partial charge in [-0.2, -0.15) is 5.10 Å². The molecular formula is C18H20N4O3S. The first-order chi connectivity index (χ1) is 12.6. The molecule has 0 radical (unpaired) electrons. The summed E-state index contributed by atoms with van der Waals surface area (Å²) < 4.78 is 10.7. The number of methoxy groups -OCH3 is 1. The SMILES string of the molecule is CNC(=S)NN=Cc1ccc(OCC(=O)Nc2ccccc2OC)cc1. The maximum atomic E-state index is 12.0. The largest absolute Gasteiger partial charge is 0.495 e. The molecule has 26 heavy (non-hydrogen) atoms. The summed E-state index contributed by atoms with van der Waals surface area (Å²) in [7, 11) is 3.26. The zero-order valence-electron chi connectivity index (χ0n) is 14.5. The molecule has 0 bridgehead atoms. The molecule has 0 saturated carbocycles. The topological polar surface area (TPSA) is 84.0 Å². The molecule has 0 aliphatic carbocycles. The van der Waals surface area contributed by atoms with Crippen LogP contribution in [-0.4, -0.2) is 38.0 Å². The van der Waals surface area contributed by atoms with Crippen LogP contribution in [-0.2, 0) is 4.79 Å². The Hall–Kier alpha value is -3.13. The van der Waals surface area contributed by atoms with E-state index in [2.05, 4.69) is 21.2 Å². The summed E-state index contributed by atoms with van der Waals surface area (Å²) in [6, 6.07) is 14.3. The minimum Gasteiger partial charge on any atom is -0.495 e. The molecule has 0 spiro atoms. The number of nitrogens with one attached hydrogen (secondary N) is 3. The van der Waals surface area contributed by atoms with E-state index in [9.17, 15) is 4.79 Å². The zero-order valence-corrected chi connectivity index (χ0v) is 15.3. The van der Waals surface area contributed by atoms with Crippen LogP contribution in [0.2, 0.25) is 0 Å². The molecule has 8 heteroatoms. The maximum absolute atomic E-state index is 12.0. The molecule has 0 aliphatic rings. The van der Waals surface area contributed by atoms with Crippen LogP contribution in [0.25, 0.3) is 0 Å². The molecule has 0 unspecified atom stereocenters. The Labute approximate surface area is 157 Å². The number of thiocarbonyl (C=S) groups is 1. The van der Waals surface area contributed by atoms with Crippen molar-refractivity contribution < 1.29 is 14.3 Å². The van der Waals surface area contributed by atoms with Crippen molar-refractivity contribution in [2.24, 2.45) is 5.10 Å². The van der Waals surface area contributed by atoms with Gasteiger partial charge in [0.05, 0.1) is 19.0 Å². The van der Waals surface area contributed by atoms with Gasteiger partial charge in [-0.05, 0) is 54.2 Å². The number of hydrazone groups is 1. The number of anilines is 1. The summed E-state index contributed by atoms with van der Waals surface area (Å²) in [6.07, 6.45) is 1.63. The van der Waals surface area contributed by atoms with Crippen LogP contribution in [0, 0.1) is 0 Å². The highest BCUT2D eigenvalue weighted by molar-refractivity contribution is 7.80. The zero-order chi connectivity index (χ0) is 18.8. The van der Waals surface area contributed by atoms with Gasteiger partial charge in [0.15, 0.2) is 11.7 Å². The van der Waals surface area contributed by atoms with Gasteiger partial charge < -0.3 is 20.1 Å². The van der Waals surface area contributed by atoms with E-state index in [0.29, 0.717) is 22.3 Å². The highest BCUT2D eigenvalue weighted by atomic mass is 32.1. The lowest BCUT2D eigenvalue weighted by Crippen LogP contribution is -2.28. The van der Waals surface area contributed by atoms with Gasteiger partial charge in [-0.15, -0.1) is 0 Å². The minimum absolute atomic E-state index is 0.108. The van der Waals surface area contributed by atoms with Crippen molar-refractivity contribution >= 4 is 35.1 Å². The molecule has 2 rings (SSSR count). The second-order valence-electron chi connectivity index (χ2n) is 5.06. The van der Waals surface area contributed by atoms with Crippen LogP contribution >= 0.6 is 12.2 Å². The molecule has 0 saturated heterocycles. The Morgan fingerprint density at radius 1 is 1.19 bits per heavy atom. The van der Waals surface area contributed by atoms with Crippen molar-refractivity contribution in [1.82, 2.24) is 10.7 Å². The highest BCUT2D eigenvalue weighted by Gasteiger charge is 2.07. The number of ether oxygens (including phenoxy) is 2. The molecule has 0 aromatic heterocycles. The maximum Gasteiger partial charge on any atom is 0.262 e. The van der Waals surface area contributed by atoms with Crippen LogP contribution in [0.1, 0.15) is 5.56 Å². The van der Waals surface area contributed by atoms with E-state index in [1.54, 1.807) is 44.6 Å². The molecule has 0 atom stereocenters.